The maximum Gasteiger partial charge on any atom is 0.418 e. The SMILES string of the molecule is CN(Cc1cscn1)c1ccc(CN)cc1C(F)(F)F. The Morgan fingerprint density at radius 1 is 1.35 bits per heavy atom. The van der Waals surface area contributed by atoms with Crippen LogP contribution in [0.15, 0.2) is 29.1 Å². The molecule has 0 aliphatic rings. The molecule has 0 unspecified atom stereocenters. The molecule has 0 spiro atoms. The smallest absolute Gasteiger partial charge is 0.368 e. The molecule has 0 aliphatic heterocycles. The summed E-state index contributed by atoms with van der Waals surface area (Å²) in [5, 5.41) is 1.82. The van der Waals surface area contributed by atoms with Crippen LogP contribution in [-0.2, 0) is 19.3 Å². The first-order valence-corrected chi connectivity index (χ1v) is 6.84. The van der Waals surface area contributed by atoms with E-state index in [-0.39, 0.29) is 12.2 Å². The monoisotopic (exact) mass is 301 g/mol. The molecule has 3 nitrogen and oxygen atoms in total. The lowest BCUT2D eigenvalue weighted by Crippen LogP contribution is -2.21. The summed E-state index contributed by atoms with van der Waals surface area (Å²) in [6.07, 6.45) is -4.41. The standard InChI is InChI=1S/C13H14F3N3S/c1-19(6-10-7-20-8-18-10)12-3-2-9(5-17)4-11(12)13(14,15)16/h2-4,7-8H,5-6,17H2,1H3. The van der Waals surface area contributed by atoms with Crippen LogP contribution in [0.1, 0.15) is 16.8 Å². The molecule has 0 fully saturated rings. The van der Waals surface area contributed by atoms with Gasteiger partial charge in [-0.3, -0.25) is 0 Å². The van der Waals surface area contributed by atoms with Gasteiger partial charge in [0, 0.05) is 24.7 Å². The first-order valence-electron chi connectivity index (χ1n) is 5.90. The molecule has 20 heavy (non-hydrogen) atoms. The number of rotatable bonds is 4. The molecule has 0 saturated carbocycles. The Labute approximate surface area is 118 Å². The van der Waals surface area contributed by atoms with E-state index in [1.54, 1.807) is 18.6 Å². The van der Waals surface area contributed by atoms with Crippen molar-refractivity contribution in [3.8, 4) is 0 Å². The van der Waals surface area contributed by atoms with E-state index in [1.807, 2.05) is 5.38 Å². The summed E-state index contributed by atoms with van der Waals surface area (Å²) in [5.41, 5.74) is 7.73. The number of anilines is 1. The Morgan fingerprint density at radius 3 is 2.65 bits per heavy atom. The van der Waals surface area contributed by atoms with Gasteiger partial charge in [-0.05, 0) is 17.7 Å². The van der Waals surface area contributed by atoms with Gasteiger partial charge in [0.1, 0.15) is 0 Å². The van der Waals surface area contributed by atoms with Crippen LogP contribution in [0.4, 0.5) is 18.9 Å². The largest absolute Gasteiger partial charge is 0.418 e. The maximum atomic E-state index is 13.1. The van der Waals surface area contributed by atoms with E-state index in [0.717, 1.165) is 11.8 Å². The molecule has 7 heteroatoms. The number of nitrogens with two attached hydrogens (primary N) is 1. The summed E-state index contributed by atoms with van der Waals surface area (Å²) >= 11 is 1.42. The quantitative estimate of drug-likeness (QED) is 0.942. The lowest BCUT2D eigenvalue weighted by Gasteiger charge is -2.23. The predicted octanol–water partition coefficient (Wildman–Crippen LogP) is 3.26. The Bertz CT molecular complexity index is 567. The van der Waals surface area contributed by atoms with Gasteiger partial charge in [-0.2, -0.15) is 13.2 Å². The molecule has 2 aromatic rings. The van der Waals surface area contributed by atoms with Crippen LogP contribution in [0, 0.1) is 0 Å². The van der Waals surface area contributed by atoms with Crippen molar-refractivity contribution in [3.05, 3.63) is 45.9 Å². The highest BCUT2D eigenvalue weighted by atomic mass is 32.1. The minimum Gasteiger partial charge on any atom is -0.368 e. The molecule has 1 aromatic carbocycles. The number of halogens is 3. The zero-order chi connectivity index (χ0) is 14.8. The molecule has 0 atom stereocenters. The molecule has 1 heterocycles. The molecule has 2 N–H and O–H groups in total. The molecule has 0 radical (unpaired) electrons. The van der Waals surface area contributed by atoms with Crippen LogP contribution in [0.25, 0.3) is 0 Å². The van der Waals surface area contributed by atoms with Crippen LogP contribution in [0.5, 0.6) is 0 Å². The molecule has 1 aromatic heterocycles. The highest BCUT2D eigenvalue weighted by Crippen LogP contribution is 2.37. The van der Waals surface area contributed by atoms with Gasteiger partial charge >= 0.3 is 6.18 Å². The van der Waals surface area contributed by atoms with E-state index in [9.17, 15) is 13.2 Å². The minimum absolute atomic E-state index is 0.0825. The second-order valence-corrected chi connectivity index (χ2v) is 5.11. The van der Waals surface area contributed by atoms with Gasteiger partial charge in [-0.15, -0.1) is 11.3 Å². The third-order valence-electron chi connectivity index (χ3n) is 2.90. The normalized spacial score (nSPS) is 11.7. The highest BCUT2D eigenvalue weighted by molar-refractivity contribution is 7.07. The molecular weight excluding hydrogens is 287 g/mol. The minimum atomic E-state index is -4.41. The van der Waals surface area contributed by atoms with Gasteiger partial charge in [0.25, 0.3) is 0 Å². The van der Waals surface area contributed by atoms with Crippen LogP contribution in [0.2, 0.25) is 0 Å². The van der Waals surface area contributed by atoms with Crippen molar-refractivity contribution in [1.29, 1.82) is 0 Å². The molecule has 0 aliphatic carbocycles. The fourth-order valence-electron chi connectivity index (χ4n) is 1.91. The Kier molecular flexibility index (Phi) is 4.29. The van der Waals surface area contributed by atoms with Crippen LogP contribution in [0.3, 0.4) is 0 Å². The lowest BCUT2D eigenvalue weighted by atomic mass is 10.1. The Hall–Kier alpha value is -1.60. The maximum absolute atomic E-state index is 13.1. The number of hydrogen-bond donors (Lipinski definition) is 1. The van der Waals surface area contributed by atoms with Crippen LogP contribution in [-0.4, -0.2) is 12.0 Å². The molecule has 0 bridgehead atoms. The van der Waals surface area contributed by atoms with Gasteiger partial charge in [0.2, 0.25) is 0 Å². The predicted molar refractivity (Wildman–Crippen MR) is 73.6 cm³/mol. The van der Waals surface area contributed by atoms with Crippen molar-refractivity contribution in [1.82, 2.24) is 4.98 Å². The average molecular weight is 301 g/mol. The summed E-state index contributed by atoms with van der Waals surface area (Å²) in [7, 11) is 1.62. The molecular formula is C13H14F3N3S. The summed E-state index contributed by atoms with van der Waals surface area (Å²) < 4.78 is 39.4. The Morgan fingerprint density at radius 2 is 2.10 bits per heavy atom. The van der Waals surface area contributed by atoms with Gasteiger partial charge in [0.15, 0.2) is 0 Å². The first-order chi connectivity index (χ1) is 9.41. The number of thiazole rings is 1. The number of alkyl halides is 3. The zero-order valence-corrected chi connectivity index (χ0v) is 11.6. The highest BCUT2D eigenvalue weighted by Gasteiger charge is 2.34. The van der Waals surface area contributed by atoms with Crippen molar-refractivity contribution in [2.75, 3.05) is 11.9 Å². The number of aromatic nitrogens is 1. The van der Waals surface area contributed by atoms with Crippen LogP contribution >= 0.6 is 11.3 Å². The van der Waals surface area contributed by atoms with E-state index >= 15 is 0 Å². The average Bonchev–Trinajstić information content (AvgIpc) is 2.89. The Balaban J connectivity index is 2.34. The third kappa shape index (κ3) is 3.29. The fraction of sp³-hybridized carbons (Fsp3) is 0.308. The van der Waals surface area contributed by atoms with Crippen molar-refractivity contribution in [3.63, 3.8) is 0 Å². The van der Waals surface area contributed by atoms with Gasteiger partial charge < -0.3 is 10.6 Å². The zero-order valence-electron chi connectivity index (χ0n) is 10.8. The second kappa shape index (κ2) is 5.80. The van der Waals surface area contributed by atoms with Crippen molar-refractivity contribution < 1.29 is 13.2 Å². The summed E-state index contributed by atoms with van der Waals surface area (Å²) in [4.78, 5) is 5.62. The molecule has 0 amide bonds. The van der Waals surface area contributed by atoms with E-state index in [1.165, 1.54) is 22.3 Å². The van der Waals surface area contributed by atoms with E-state index in [2.05, 4.69) is 4.98 Å². The first kappa shape index (κ1) is 14.8. The molecule has 0 saturated heterocycles. The summed E-state index contributed by atoms with van der Waals surface area (Å²) in [5.74, 6) is 0. The van der Waals surface area contributed by atoms with Gasteiger partial charge in [-0.1, -0.05) is 6.07 Å². The van der Waals surface area contributed by atoms with Crippen LogP contribution < -0.4 is 10.6 Å². The number of nitrogens with zero attached hydrogens (tertiary/aromatic N) is 2. The topological polar surface area (TPSA) is 42.2 Å². The third-order valence-corrected chi connectivity index (χ3v) is 3.53. The number of benzene rings is 1. The summed E-state index contributed by atoms with van der Waals surface area (Å²) in [6.45, 7) is 0.410. The number of hydrogen-bond acceptors (Lipinski definition) is 4. The van der Waals surface area contributed by atoms with Gasteiger partial charge in [0.05, 0.1) is 23.3 Å². The van der Waals surface area contributed by atoms with E-state index in [4.69, 9.17) is 5.73 Å². The van der Waals surface area contributed by atoms with Crippen molar-refractivity contribution in [2.45, 2.75) is 19.3 Å². The van der Waals surface area contributed by atoms with E-state index in [0.29, 0.717) is 12.1 Å². The van der Waals surface area contributed by atoms with Crippen molar-refractivity contribution >= 4 is 17.0 Å². The lowest BCUT2D eigenvalue weighted by molar-refractivity contribution is -0.137. The molecule has 2 rings (SSSR count). The second-order valence-electron chi connectivity index (χ2n) is 4.39. The fourth-order valence-corrected chi connectivity index (χ4v) is 2.46. The molecule has 108 valence electrons. The summed E-state index contributed by atoms with van der Waals surface area (Å²) in [6, 6.07) is 4.17. The van der Waals surface area contributed by atoms with E-state index < -0.39 is 11.7 Å². The van der Waals surface area contributed by atoms with Gasteiger partial charge in [-0.25, -0.2) is 4.98 Å². The van der Waals surface area contributed by atoms with Crippen molar-refractivity contribution in [2.24, 2.45) is 5.73 Å².